The van der Waals surface area contributed by atoms with Crippen LogP contribution in [0.3, 0.4) is 0 Å². The molecule has 0 unspecified atom stereocenters. The first-order chi connectivity index (χ1) is 10.0. The van der Waals surface area contributed by atoms with Gasteiger partial charge < -0.3 is 9.64 Å². The molecule has 0 aliphatic heterocycles. The summed E-state index contributed by atoms with van der Waals surface area (Å²) in [6.07, 6.45) is 0. The zero-order valence-corrected chi connectivity index (χ0v) is 14.0. The number of methoxy groups -OCH3 is 1. The second-order valence-electron chi connectivity index (χ2n) is 4.46. The first kappa shape index (κ1) is 15.8. The lowest BCUT2D eigenvalue weighted by atomic mass is 10.2. The van der Waals surface area contributed by atoms with E-state index in [4.69, 9.17) is 16.3 Å². The Labute approximate surface area is 136 Å². The van der Waals surface area contributed by atoms with Crippen LogP contribution in [0.15, 0.2) is 40.9 Å². The SMILES string of the molecule is COc1ccc(Br)cc1CN(C)C(=O)c1cccc(Cl)n1. The number of aromatic nitrogens is 1. The Hall–Kier alpha value is -1.59. The Morgan fingerprint density at radius 1 is 1.38 bits per heavy atom. The number of ether oxygens (including phenoxy) is 1. The van der Waals surface area contributed by atoms with Crippen molar-refractivity contribution in [2.24, 2.45) is 0 Å². The van der Waals surface area contributed by atoms with E-state index in [0.717, 1.165) is 15.8 Å². The van der Waals surface area contributed by atoms with Crippen molar-refractivity contribution in [1.82, 2.24) is 9.88 Å². The number of hydrogen-bond donors (Lipinski definition) is 0. The molecule has 0 N–H and O–H groups in total. The standard InChI is InChI=1S/C15H14BrClN2O2/c1-19(15(20)12-4-3-5-14(17)18-12)9-10-8-11(16)6-7-13(10)21-2/h3-8H,9H2,1-2H3. The number of carbonyl (C=O) groups excluding carboxylic acids is 1. The van der Waals surface area contributed by atoms with Crippen molar-refractivity contribution in [3.8, 4) is 5.75 Å². The predicted octanol–water partition coefficient (Wildman–Crippen LogP) is 3.78. The van der Waals surface area contributed by atoms with Crippen LogP contribution in [-0.4, -0.2) is 29.9 Å². The Morgan fingerprint density at radius 3 is 2.81 bits per heavy atom. The van der Waals surface area contributed by atoms with E-state index < -0.39 is 0 Å². The van der Waals surface area contributed by atoms with Crippen molar-refractivity contribution in [3.63, 3.8) is 0 Å². The highest BCUT2D eigenvalue weighted by Gasteiger charge is 2.15. The van der Waals surface area contributed by atoms with Gasteiger partial charge in [-0.1, -0.05) is 33.6 Å². The zero-order valence-electron chi connectivity index (χ0n) is 11.6. The fourth-order valence-electron chi connectivity index (χ4n) is 1.92. The van der Waals surface area contributed by atoms with Crippen molar-refractivity contribution >= 4 is 33.4 Å². The molecule has 0 bridgehead atoms. The summed E-state index contributed by atoms with van der Waals surface area (Å²) < 4.78 is 6.24. The summed E-state index contributed by atoms with van der Waals surface area (Å²) >= 11 is 9.23. The van der Waals surface area contributed by atoms with Crippen LogP contribution in [0.4, 0.5) is 0 Å². The van der Waals surface area contributed by atoms with Gasteiger partial charge in [-0.05, 0) is 30.3 Å². The van der Waals surface area contributed by atoms with Gasteiger partial charge in [-0.2, -0.15) is 0 Å². The Kier molecular flexibility index (Phi) is 5.20. The minimum atomic E-state index is -0.195. The maximum absolute atomic E-state index is 12.3. The number of pyridine rings is 1. The number of rotatable bonds is 4. The third kappa shape index (κ3) is 3.95. The van der Waals surface area contributed by atoms with E-state index in [1.54, 1.807) is 37.3 Å². The van der Waals surface area contributed by atoms with Crippen molar-refractivity contribution in [3.05, 3.63) is 57.3 Å². The average Bonchev–Trinajstić information content (AvgIpc) is 2.46. The predicted molar refractivity (Wildman–Crippen MR) is 85.7 cm³/mol. The number of carbonyl (C=O) groups is 1. The van der Waals surface area contributed by atoms with Crippen molar-refractivity contribution in [2.45, 2.75) is 6.54 Å². The Balaban J connectivity index is 2.19. The van der Waals surface area contributed by atoms with E-state index in [1.807, 2.05) is 18.2 Å². The number of hydrogen-bond acceptors (Lipinski definition) is 3. The molecule has 2 rings (SSSR count). The van der Waals surface area contributed by atoms with Gasteiger partial charge in [-0.3, -0.25) is 4.79 Å². The van der Waals surface area contributed by atoms with Gasteiger partial charge >= 0.3 is 0 Å². The van der Waals surface area contributed by atoms with Crippen molar-refractivity contribution in [2.75, 3.05) is 14.2 Å². The Morgan fingerprint density at radius 2 is 2.14 bits per heavy atom. The van der Waals surface area contributed by atoms with Gasteiger partial charge in [0.15, 0.2) is 0 Å². The number of nitrogens with zero attached hydrogens (tertiary/aromatic N) is 2. The van der Waals surface area contributed by atoms with Gasteiger partial charge in [0.05, 0.1) is 7.11 Å². The summed E-state index contributed by atoms with van der Waals surface area (Å²) in [7, 11) is 3.32. The van der Waals surface area contributed by atoms with Gasteiger partial charge in [-0.15, -0.1) is 0 Å². The lowest BCUT2D eigenvalue weighted by Gasteiger charge is -2.18. The molecule has 6 heteroatoms. The maximum atomic E-state index is 12.3. The van der Waals surface area contributed by atoms with Gasteiger partial charge in [0, 0.05) is 23.6 Å². The molecule has 4 nitrogen and oxygen atoms in total. The van der Waals surface area contributed by atoms with Crippen molar-refractivity contribution in [1.29, 1.82) is 0 Å². The monoisotopic (exact) mass is 368 g/mol. The largest absolute Gasteiger partial charge is 0.496 e. The van der Waals surface area contributed by atoms with Gasteiger partial charge in [0.25, 0.3) is 5.91 Å². The summed E-state index contributed by atoms with van der Waals surface area (Å²) in [4.78, 5) is 17.9. The fraction of sp³-hybridized carbons (Fsp3) is 0.200. The molecule has 0 spiro atoms. The summed E-state index contributed by atoms with van der Waals surface area (Å²) in [5, 5.41) is 0.300. The Bertz CT molecular complexity index is 664. The highest BCUT2D eigenvalue weighted by Crippen LogP contribution is 2.24. The quantitative estimate of drug-likeness (QED) is 0.770. The first-order valence-corrected chi connectivity index (χ1v) is 7.39. The molecule has 110 valence electrons. The molecule has 1 heterocycles. The van der Waals surface area contributed by atoms with E-state index in [2.05, 4.69) is 20.9 Å². The molecule has 0 saturated carbocycles. The average molecular weight is 370 g/mol. The summed E-state index contributed by atoms with van der Waals surface area (Å²) in [6.45, 7) is 0.412. The molecule has 0 atom stereocenters. The highest BCUT2D eigenvalue weighted by molar-refractivity contribution is 9.10. The van der Waals surface area contributed by atoms with Gasteiger partial charge in [-0.25, -0.2) is 4.98 Å². The van der Waals surface area contributed by atoms with Crippen LogP contribution in [0.25, 0.3) is 0 Å². The normalized spacial score (nSPS) is 10.3. The number of benzene rings is 1. The molecule has 0 radical (unpaired) electrons. The van der Waals surface area contributed by atoms with Crippen LogP contribution in [0.5, 0.6) is 5.75 Å². The summed E-state index contributed by atoms with van der Waals surface area (Å²) in [6, 6.07) is 10.7. The van der Waals surface area contributed by atoms with E-state index >= 15 is 0 Å². The van der Waals surface area contributed by atoms with E-state index in [0.29, 0.717) is 17.4 Å². The van der Waals surface area contributed by atoms with Crippen LogP contribution < -0.4 is 4.74 Å². The molecule has 1 aromatic carbocycles. The van der Waals surface area contributed by atoms with E-state index in [1.165, 1.54) is 0 Å². The highest BCUT2D eigenvalue weighted by atomic mass is 79.9. The van der Waals surface area contributed by atoms with E-state index in [-0.39, 0.29) is 5.91 Å². The molecule has 0 aliphatic carbocycles. The second-order valence-corrected chi connectivity index (χ2v) is 5.77. The lowest BCUT2D eigenvalue weighted by molar-refractivity contribution is 0.0778. The molecular weight excluding hydrogens is 356 g/mol. The molecule has 1 amide bonds. The van der Waals surface area contributed by atoms with Crippen LogP contribution in [0.2, 0.25) is 5.15 Å². The minimum Gasteiger partial charge on any atom is -0.496 e. The molecule has 21 heavy (non-hydrogen) atoms. The molecule has 1 aromatic heterocycles. The topological polar surface area (TPSA) is 42.4 Å². The lowest BCUT2D eigenvalue weighted by Crippen LogP contribution is -2.27. The molecule has 2 aromatic rings. The molecule has 0 aliphatic rings. The molecular formula is C15H14BrClN2O2. The van der Waals surface area contributed by atoms with Crippen LogP contribution in [0, 0.1) is 0 Å². The zero-order chi connectivity index (χ0) is 15.4. The van der Waals surface area contributed by atoms with Crippen LogP contribution >= 0.6 is 27.5 Å². The smallest absolute Gasteiger partial charge is 0.272 e. The molecule has 0 fully saturated rings. The summed E-state index contributed by atoms with van der Waals surface area (Å²) in [5.41, 5.74) is 1.23. The second kappa shape index (κ2) is 6.91. The first-order valence-electron chi connectivity index (χ1n) is 6.21. The molecule has 0 saturated heterocycles. The third-order valence-corrected chi connectivity index (χ3v) is 3.63. The van der Waals surface area contributed by atoms with Gasteiger partial charge in [0.1, 0.15) is 16.6 Å². The number of amides is 1. The third-order valence-electron chi connectivity index (χ3n) is 2.93. The minimum absolute atomic E-state index is 0.195. The van der Waals surface area contributed by atoms with Crippen molar-refractivity contribution < 1.29 is 9.53 Å². The maximum Gasteiger partial charge on any atom is 0.272 e. The number of halogens is 2. The van der Waals surface area contributed by atoms with Crippen LogP contribution in [0.1, 0.15) is 16.1 Å². The summed E-state index contributed by atoms with van der Waals surface area (Å²) in [5.74, 6) is 0.538. The van der Waals surface area contributed by atoms with Crippen LogP contribution in [-0.2, 0) is 6.54 Å². The fourth-order valence-corrected chi connectivity index (χ4v) is 2.49. The van der Waals surface area contributed by atoms with E-state index in [9.17, 15) is 4.79 Å². The van der Waals surface area contributed by atoms with Gasteiger partial charge in [0.2, 0.25) is 0 Å².